The summed E-state index contributed by atoms with van der Waals surface area (Å²) in [6.07, 6.45) is 0.290. The van der Waals surface area contributed by atoms with Crippen LogP contribution in [0, 0.1) is 0 Å². The molecule has 2 heterocycles. The topological polar surface area (TPSA) is 84.5 Å². The zero-order chi connectivity index (χ0) is 17.3. The van der Waals surface area contributed by atoms with Crippen LogP contribution < -0.4 is 5.56 Å². The molecular weight excluding hydrogens is 310 g/mol. The molecule has 1 aromatic heterocycles. The van der Waals surface area contributed by atoms with Gasteiger partial charge < -0.3 is 14.5 Å². The molecule has 1 fully saturated rings. The van der Waals surface area contributed by atoms with Crippen LogP contribution in [-0.4, -0.2) is 53.2 Å². The van der Waals surface area contributed by atoms with E-state index < -0.39 is 5.97 Å². The third-order valence-electron chi connectivity index (χ3n) is 4.05. The van der Waals surface area contributed by atoms with Crippen LogP contribution in [0.1, 0.15) is 30.0 Å². The molecule has 0 spiro atoms. The van der Waals surface area contributed by atoms with Crippen LogP contribution in [0.25, 0.3) is 10.9 Å². The Labute approximate surface area is 139 Å². The van der Waals surface area contributed by atoms with Crippen molar-refractivity contribution in [2.45, 2.75) is 32.6 Å². The van der Waals surface area contributed by atoms with Crippen molar-refractivity contribution in [3.05, 3.63) is 39.9 Å². The first-order valence-electron chi connectivity index (χ1n) is 7.95. The highest BCUT2D eigenvalue weighted by Crippen LogP contribution is 2.15. The van der Waals surface area contributed by atoms with Crippen LogP contribution in [0.15, 0.2) is 23.0 Å². The van der Waals surface area contributed by atoms with E-state index in [2.05, 4.69) is 14.9 Å². The first-order chi connectivity index (χ1) is 11.5. The number of H-pyrrole nitrogens is 1. The van der Waals surface area contributed by atoms with E-state index in [1.807, 2.05) is 13.8 Å². The SMILES string of the molecule is COC(=O)c1ccc2c(=O)[nH]c(CN3C[C@@H](C)O[C@@H](C)C3)nc2c1. The molecule has 24 heavy (non-hydrogen) atoms. The molecule has 0 unspecified atom stereocenters. The average molecular weight is 331 g/mol. The smallest absolute Gasteiger partial charge is 0.337 e. The summed E-state index contributed by atoms with van der Waals surface area (Å²) in [6.45, 7) is 6.16. The first-order valence-corrected chi connectivity index (χ1v) is 7.95. The van der Waals surface area contributed by atoms with Gasteiger partial charge in [-0.1, -0.05) is 0 Å². The maximum atomic E-state index is 12.3. The number of benzene rings is 1. The van der Waals surface area contributed by atoms with Crippen LogP contribution in [0.3, 0.4) is 0 Å². The largest absolute Gasteiger partial charge is 0.465 e. The van der Waals surface area contributed by atoms with E-state index in [-0.39, 0.29) is 17.8 Å². The standard InChI is InChI=1S/C17H21N3O4/c1-10-7-20(8-11(2)24-10)9-15-18-14-6-12(17(22)23-3)4-5-13(14)16(21)19-15/h4-6,10-11H,7-9H2,1-3H3,(H,18,19,21)/t10-,11+. The van der Waals surface area contributed by atoms with Gasteiger partial charge in [-0.15, -0.1) is 0 Å². The number of carbonyl (C=O) groups is 1. The van der Waals surface area contributed by atoms with Crippen molar-refractivity contribution in [3.8, 4) is 0 Å². The van der Waals surface area contributed by atoms with Crippen LogP contribution >= 0.6 is 0 Å². The van der Waals surface area contributed by atoms with E-state index in [0.29, 0.717) is 28.8 Å². The lowest BCUT2D eigenvalue weighted by Gasteiger charge is -2.34. The molecule has 1 saturated heterocycles. The van der Waals surface area contributed by atoms with Crippen molar-refractivity contribution in [2.24, 2.45) is 0 Å². The van der Waals surface area contributed by atoms with Crippen molar-refractivity contribution in [1.82, 2.24) is 14.9 Å². The third kappa shape index (κ3) is 3.47. The van der Waals surface area contributed by atoms with Crippen molar-refractivity contribution in [3.63, 3.8) is 0 Å². The van der Waals surface area contributed by atoms with Gasteiger partial charge in [-0.3, -0.25) is 9.69 Å². The summed E-state index contributed by atoms with van der Waals surface area (Å²) >= 11 is 0. The average Bonchev–Trinajstić information content (AvgIpc) is 2.52. The predicted octanol–water partition coefficient (Wildman–Crippen LogP) is 1.32. The lowest BCUT2D eigenvalue weighted by atomic mass is 10.1. The Morgan fingerprint density at radius 2 is 2.08 bits per heavy atom. The normalized spacial score (nSPS) is 21.8. The van der Waals surface area contributed by atoms with Gasteiger partial charge in [0, 0.05) is 13.1 Å². The lowest BCUT2D eigenvalue weighted by Crippen LogP contribution is -2.45. The van der Waals surface area contributed by atoms with Gasteiger partial charge in [-0.2, -0.15) is 0 Å². The Morgan fingerprint density at radius 3 is 2.75 bits per heavy atom. The van der Waals surface area contributed by atoms with Gasteiger partial charge in [0.05, 0.1) is 42.3 Å². The maximum Gasteiger partial charge on any atom is 0.337 e. The van der Waals surface area contributed by atoms with Gasteiger partial charge in [-0.05, 0) is 32.0 Å². The number of aromatic nitrogens is 2. The van der Waals surface area contributed by atoms with Crippen LogP contribution in [-0.2, 0) is 16.0 Å². The van der Waals surface area contributed by atoms with Crippen molar-refractivity contribution in [1.29, 1.82) is 0 Å². The number of nitrogens with zero attached hydrogens (tertiary/aromatic N) is 2. The highest BCUT2D eigenvalue weighted by atomic mass is 16.5. The second kappa shape index (κ2) is 6.70. The quantitative estimate of drug-likeness (QED) is 0.854. The molecule has 1 aliphatic heterocycles. The number of esters is 1. The predicted molar refractivity (Wildman–Crippen MR) is 89.0 cm³/mol. The van der Waals surface area contributed by atoms with E-state index in [1.165, 1.54) is 7.11 Å². The maximum absolute atomic E-state index is 12.3. The highest BCUT2D eigenvalue weighted by Gasteiger charge is 2.23. The molecular formula is C17H21N3O4. The number of nitrogens with one attached hydrogen (secondary N) is 1. The minimum atomic E-state index is -0.448. The van der Waals surface area contributed by atoms with Gasteiger partial charge >= 0.3 is 5.97 Å². The summed E-state index contributed by atoms with van der Waals surface area (Å²) < 4.78 is 10.4. The Morgan fingerprint density at radius 1 is 1.38 bits per heavy atom. The molecule has 1 N–H and O–H groups in total. The number of rotatable bonds is 3. The molecule has 0 radical (unpaired) electrons. The monoisotopic (exact) mass is 331 g/mol. The summed E-state index contributed by atoms with van der Waals surface area (Å²) in [5.41, 5.74) is 0.662. The number of morpholine rings is 1. The molecule has 0 aliphatic carbocycles. The molecule has 2 aromatic rings. The molecule has 3 rings (SSSR count). The molecule has 7 heteroatoms. The minimum Gasteiger partial charge on any atom is -0.465 e. The zero-order valence-corrected chi connectivity index (χ0v) is 14.0. The summed E-state index contributed by atoms with van der Waals surface area (Å²) in [4.78, 5) is 33.5. The summed E-state index contributed by atoms with van der Waals surface area (Å²) in [6, 6.07) is 4.75. The number of hydrogen-bond acceptors (Lipinski definition) is 6. The van der Waals surface area contributed by atoms with Gasteiger partial charge in [0.1, 0.15) is 5.82 Å². The fourth-order valence-corrected chi connectivity index (χ4v) is 3.13. The number of fused-ring (bicyclic) bond motifs is 1. The first kappa shape index (κ1) is 16.6. The second-order valence-corrected chi connectivity index (χ2v) is 6.19. The van der Waals surface area contributed by atoms with E-state index in [4.69, 9.17) is 9.47 Å². The fraction of sp³-hybridized carbons (Fsp3) is 0.471. The number of ether oxygens (including phenoxy) is 2. The van der Waals surface area contributed by atoms with E-state index >= 15 is 0 Å². The van der Waals surface area contributed by atoms with Crippen LogP contribution in [0.5, 0.6) is 0 Å². The van der Waals surface area contributed by atoms with E-state index in [9.17, 15) is 9.59 Å². The van der Waals surface area contributed by atoms with Crippen molar-refractivity contribution in [2.75, 3.05) is 20.2 Å². The van der Waals surface area contributed by atoms with Gasteiger partial charge in [0.25, 0.3) is 5.56 Å². The molecule has 0 bridgehead atoms. The molecule has 0 saturated carbocycles. The Balaban J connectivity index is 1.91. The Bertz CT molecular complexity index is 807. The second-order valence-electron chi connectivity index (χ2n) is 6.19. The minimum absolute atomic E-state index is 0.145. The summed E-state index contributed by atoms with van der Waals surface area (Å²) in [5, 5.41) is 0.454. The van der Waals surface area contributed by atoms with Crippen LogP contribution in [0.4, 0.5) is 0 Å². The molecule has 2 atom stereocenters. The van der Waals surface area contributed by atoms with Crippen molar-refractivity contribution < 1.29 is 14.3 Å². The molecule has 1 aromatic carbocycles. The van der Waals surface area contributed by atoms with Crippen molar-refractivity contribution >= 4 is 16.9 Å². The number of aromatic amines is 1. The fourth-order valence-electron chi connectivity index (χ4n) is 3.13. The third-order valence-corrected chi connectivity index (χ3v) is 4.05. The highest BCUT2D eigenvalue weighted by molar-refractivity contribution is 5.93. The Hall–Kier alpha value is -2.25. The van der Waals surface area contributed by atoms with E-state index in [0.717, 1.165) is 13.1 Å². The summed E-state index contributed by atoms with van der Waals surface area (Å²) in [5.74, 6) is 0.132. The number of hydrogen-bond donors (Lipinski definition) is 1. The van der Waals surface area contributed by atoms with E-state index in [1.54, 1.807) is 18.2 Å². The molecule has 128 valence electrons. The molecule has 0 amide bonds. The Kier molecular flexibility index (Phi) is 4.64. The number of carbonyl (C=O) groups excluding carboxylic acids is 1. The van der Waals surface area contributed by atoms with Gasteiger partial charge in [-0.25, -0.2) is 9.78 Å². The zero-order valence-electron chi connectivity index (χ0n) is 14.0. The summed E-state index contributed by atoms with van der Waals surface area (Å²) in [7, 11) is 1.32. The molecule has 7 nitrogen and oxygen atoms in total. The van der Waals surface area contributed by atoms with Crippen LogP contribution in [0.2, 0.25) is 0 Å². The molecule has 1 aliphatic rings. The lowest BCUT2D eigenvalue weighted by molar-refractivity contribution is -0.0710. The van der Waals surface area contributed by atoms with Gasteiger partial charge in [0.15, 0.2) is 0 Å². The van der Waals surface area contributed by atoms with Gasteiger partial charge in [0.2, 0.25) is 0 Å². The number of methoxy groups -OCH3 is 1.